The molecule has 1 aromatic heterocycles. The van der Waals surface area contributed by atoms with Crippen molar-refractivity contribution >= 4 is 5.91 Å². The highest BCUT2D eigenvalue weighted by Gasteiger charge is 2.76. The average Bonchev–Trinajstić information content (AvgIpc) is 3.56. The fourth-order valence-corrected chi connectivity index (χ4v) is 10.0. The van der Waals surface area contributed by atoms with E-state index in [9.17, 15) is 14.7 Å². The third-order valence-electron chi connectivity index (χ3n) is 11.4. The molecule has 0 spiro atoms. The lowest BCUT2D eigenvalue weighted by molar-refractivity contribution is -0.102. The second-order valence-corrected chi connectivity index (χ2v) is 12.8. The molecule has 6 aliphatic rings. The summed E-state index contributed by atoms with van der Waals surface area (Å²) in [5.74, 6) is 2.21. The quantitative estimate of drug-likeness (QED) is 0.725. The van der Waals surface area contributed by atoms with Crippen molar-refractivity contribution in [1.29, 1.82) is 0 Å². The van der Waals surface area contributed by atoms with E-state index < -0.39 is 0 Å². The third-order valence-corrected chi connectivity index (χ3v) is 11.4. The molecule has 6 heteroatoms. The zero-order chi connectivity index (χ0) is 24.4. The van der Waals surface area contributed by atoms with Crippen molar-refractivity contribution < 1.29 is 9.90 Å². The largest absolute Gasteiger partial charge is 0.508 e. The van der Waals surface area contributed by atoms with Crippen LogP contribution in [-0.4, -0.2) is 57.1 Å². The highest BCUT2D eigenvalue weighted by atomic mass is 16.3. The van der Waals surface area contributed by atoms with Crippen molar-refractivity contribution in [3.8, 4) is 5.75 Å². The van der Waals surface area contributed by atoms with Gasteiger partial charge in [-0.25, -0.2) is 0 Å². The van der Waals surface area contributed by atoms with Crippen LogP contribution in [0, 0.1) is 23.2 Å². The number of carbonyl (C=O) groups excluding carboxylic acids is 1. The molecule has 2 saturated heterocycles. The van der Waals surface area contributed by atoms with E-state index in [0.29, 0.717) is 29.2 Å². The van der Waals surface area contributed by atoms with Crippen LogP contribution >= 0.6 is 0 Å². The molecule has 1 aromatic carbocycles. The van der Waals surface area contributed by atoms with E-state index in [0.717, 1.165) is 44.7 Å². The van der Waals surface area contributed by atoms with Crippen molar-refractivity contribution in [2.45, 2.75) is 62.4 Å². The van der Waals surface area contributed by atoms with Crippen LogP contribution in [0.2, 0.25) is 0 Å². The zero-order valence-electron chi connectivity index (χ0n) is 21.0. The number of phenolic OH excluding ortho intramolecular Hbond substituents is 1. The predicted molar refractivity (Wildman–Crippen MR) is 136 cm³/mol. The SMILES string of the molecule is Cn1ccc(C(=O)N2C[C@H]3C[C@@]45CC[C@@H]2[C@@H]3[C@@]42CCN(CC3CC3)[C@@H]5Cc3ccc(O)cc32)cc1=O. The number of likely N-dealkylation sites (tertiary alicyclic amines) is 2. The lowest BCUT2D eigenvalue weighted by Gasteiger charge is -2.66. The molecular formula is C30H35N3O3. The number of hydrogen-bond donors (Lipinski definition) is 1. The van der Waals surface area contributed by atoms with Gasteiger partial charge in [0.2, 0.25) is 0 Å². The van der Waals surface area contributed by atoms with Gasteiger partial charge in [-0.05, 0) is 104 Å². The molecule has 3 saturated carbocycles. The molecule has 1 N–H and O–H groups in total. The molecule has 1 amide bonds. The molecule has 0 radical (unpaired) electrons. The highest BCUT2D eigenvalue weighted by molar-refractivity contribution is 5.94. The maximum Gasteiger partial charge on any atom is 0.254 e. The van der Waals surface area contributed by atoms with Crippen LogP contribution in [0.1, 0.15) is 60.0 Å². The number of nitrogens with zero attached hydrogens (tertiary/aromatic N) is 3. The lowest BCUT2D eigenvalue weighted by atomic mass is 9.43. The summed E-state index contributed by atoms with van der Waals surface area (Å²) < 4.78 is 1.52. The second-order valence-electron chi connectivity index (χ2n) is 12.8. The number of rotatable bonds is 3. The number of benzene rings is 1. The van der Waals surface area contributed by atoms with Crippen LogP contribution < -0.4 is 5.56 Å². The lowest BCUT2D eigenvalue weighted by Crippen LogP contribution is -2.69. The summed E-state index contributed by atoms with van der Waals surface area (Å²) in [5.41, 5.74) is 3.50. The molecule has 6 atom stereocenters. The fourth-order valence-electron chi connectivity index (χ4n) is 10.0. The number of phenols is 1. The van der Waals surface area contributed by atoms with Gasteiger partial charge in [0.1, 0.15) is 5.75 Å². The van der Waals surface area contributed by atoms with Crippen LogP contribution in [-0.2, 0) is 18.9 Å². The summed E-state index contributed by atoms with van der Waals surface area (Å²) in [5, 5.41) is 10.6. The first kappa shape index (κ1) is 21.5. The second kappa shape index (κ2) is 7.03. The minimum Gasteiger partial charge on any atom is -0.508 e. The molecule has 5 fully saturated rings. The summed E-state index contributed by atoms with van der Waals surface area (Å²) in [6.07, 6.45) is 10.1. The van der Waals surface area contributed by atoms with E-state index in [1.807, 2.05) is 6.07 Å². The Morgan fingerprint density at radius 1 is 1.14 bits per heavy atom. The van der Waals surface area contributed by atoms with Crippen LogP contribution in [0.3, 0.4) is 0 Å². The molecule has 36 heavy (non-hydrogen) atoms. The minimum atomic E-state index is -0.135. The molecule has 2 aliphatic heterocycles. The van der Waals surface area contributed by atoms with Gasteiger partial charge >= 0.3 is 0 Å². The standard InChI is InChI=1S/C30H35N3O3/c1-31-10-7-20(13-26(31)35)28(36)33-17-21-15-29-8-6-24(33)27(21)30(29)9-11-32(16-18-2-3-18)25(29)12-19-4-5-22(34)14-23(19)30/h4-5,7,10,13-14,18,21,24-25,27,34H,2-3,6,8-9,11-12,15-17H2,1H3/t21-,24-,25-,27-,29-,30+/m1/s1. The zero-order valence-corrected chi connectivity index (χ0v) is 21.0. The fraction of sp³-hybridized carbons (Fsp3) is 0.600. The van der Waals surface area contributed by atoms with Gasteiger partial charge in [0.05, 0.1) is 0 Å². The van der Waals surface area contributed by atoms with E-state index >= 15 is 0 Å². The first-order valence-corrected chi connectivity index (χ1v) is 14.0. The Hall–Kier alpha value is -2.60. The number of hydrogen-bond acceptors (Lipinski definition) is 4. The number of aromatic hydroxyl groups is 1. The predicted octanol–water partition coefficient (Wildman–Crippen LogP) is 3.31. The van der Waals surface area contributed by atoms with Gasteiger partial charge in [0, 0.05) is 55.5 Å². The molecular weight excluding hydrogens is 450 g/mol. The molecule has 3 heterocycles. The van der Waals surface area contributed by atoms with Gasteiger partial charge in [0.15, 0.2) is 0 Å². The van der Waals surface area contributed by atoms with Crippen molar-refractivity contribution in [3.63, 3.8) is 0 Å². The van der Waals surface area contributed by atoms with Gasteiger partial charge in [-0.15, -0.1) is 0 Å². The van der Waals surface area contributed by atoms with Crippen LogP contribution in [0.5, 0.6) is 5.75 Å². The van der Waals surface area contributed by atoms with E-state index in [1.165, 1.54) is 47.6 Å². The Balaban J connectivity index is 1.23. The summed E-state index contributed by atoms with van der Waals surface area (Å²) in [6, 6.07) is 10.2. The number of aromatic nitrogens is 1. The van der Waals surface area contributed by atoms with E-state index in [-0.39, 0.29) is 28.3 Å². The number of fused-ring (bicyclic) bond motifs is 1. The summed E-state index contributed by atoms with van der Waals surface area (Å²) in [6.45, 7) is 3.19. The maximum absolute atomic E-state index is 13.8. The molecule has 4 bridgehead atoms. The first-order chi connectivity index (χ1) is 17.4. The Bertz CT molecular complexity index is 1350. The van der Waals surface area contributed by atoms with Gasteiger partial charge in [0.25, 0.3) is 11.5 Å². The highest BCUT2D eigenvalue weighted by Crippen LogP contribution is 2.75. The Morgan fingerprint density at radius 3 is 2.81 bits per heavy atom. The normalized spacial score (nSPS) is 38.1. The molecule has 2 aromatic rings. The Morgan fingerprint density at radius 2 is 2.00 bits per heavy atom. The summed E-state index contributed by atoms with van der Waals surface area (Å²) >= 11 is 0. The van der Waals surface area contributed by atoms with Crippen molar-refractivity contribution in [2.24, 2.45) is 30.2 Å². The van der Waals surface area contributed by atoms with Gasteiger partial charge in [-0.3, -0.25) is 14.5 Å². The molecule has 6 nitrogen and oxygen atoms in total. The number of carbonyl (C=O) groups is 1. The number of pyridine rings is 1. The van der Waals surface area contributed by atoms with E-state index in [4.69, 9.17) is 0 Å². The molecule has 0 unspecified atom stereocenters. The maximum atomic E-state index is 13.8. The number of amides is 1. The van der Waals surface area contributed by atoms with Crippen molar-refractivity contribution in [2.75, 3.05) is 19.6 Å². The van der Waals surface area contributed by atoms with Gasteiger partial charge < -0.3 is 14.6 Å². The van der Waals surface area contributed by atoms with Crippen molar-refractivity contribution in [3.05, 3.63) is 63.6 Å². The average molecular weight is 486 g/mol. The van der Waals surface area contributed by atoms with E-state index in [2.05, 4.69) is 21.9 Å². The van der Waals surface area contributed by atoms with Crippen molar-refractivity contribution in [1.82, 2.24) is 14.4 Å². The first-order valence-electron chi connectivity index (χ1n) is 14.0. The summed E-state index contributed by atoms with van der Waals surface area (Å²) in [7, 11) is 1.72. The Kier molecular flexibility index (Phi) is 4.20. The van der Waals surface area contributed by atoms with Crippen LogP contribution in [0.25, 0.3) is 0 Å². The minimum absolute atomic E-state index is 0.0191. The molecule has 4 aliphatic carbocycles. The molecule has 8 rings (SSSR count). The summed E-state index contributed by atoms with van der Waals surface area (Å²) in [4.78, 5) is 31.0. The van der Waals surface area contributed by atoms with Crippen LogP contribution in [0.4, 0.5) is 0 Å². The number of aryl methyl sites for hydroxylation is 1. The smallest absolute Gasteiger partial charge is 0.254 e. The third kappa shape index (κ3) is 2.56. The van der Waals surface area contributed by atoms with E-state index in [1.54, 1.807) is 19.3 Å². The van der Waals surface area contributed by atoms with Crippen LogP contribution in [0.15, 0.2) is 41.3 Å². The number of piperidine rings is 1. The topological polar surface area (TPSA) is 65.8 Å². The monoisotopic (exact) mass is 485 g/mol. The Labute approximate surface area is 211 Å². The van der Waals surface area contributed by atoms with Gasteiger partial charge in [-0.2, -0.15) is 0 Å². The molecule has 188 valence electrons. The van der Waals surface area contributed by atoms with Gasteiger partial charge in [-0.1, -0.05) is 6.07 Å².